The fraction of sp³-hybridized carbons (Fsp3) is 0.227. The number of nitrogens with zero attached hydrogens (tertiary/aromatic N) is 3. The number of anilines is 1. The normalized spacial score (nSPS) is 11.4. The minimum Gasteiger partial charge on any atom is -0.462 e. The standard InChI is InChI=1S/C22H21ClN4O2/c1-13(2)11-12-29-22(28)18-19-21(26-17-6-4-3-5-16(17)25-19)27(20(18)24)15-9-7-14(23)8-10-15/h3-10,13H,11-12,24H2,1-2H3. The van der Waals surface area contributed by atoms with Crippen molar-refractivity contribution in [3.05, 3.63) is 59.1 Å². The Balaban J connectivity index is 1.92. The van der Waals surface area contributed by atoms with Crippen LogP contribution in [0.15, 0.2) is 48.5 Å². The number of hydrogen-bond donors (Lipinski definition) is 1. The number of rotatable bonds is 5. The number of nitrogen functional groups attached to an aromatic ring is 1. The van der Waals surface area contributed by atoms with E-state index in [4.69, 9.17) is 27.1 Å². The Morgan fingerprint density at radius 2 is 1.76 bits per heavy atom. The van der Waals surface area contributed by atoms with E-state index in [2.05, 4.69) is 18.8 Å². The largest absolute Gasteiger partial charge is 0.462 e. The van der Waals surface area contributed by atoms with E-state index in [9.17, 15) is 4.79 Å². The zero-order valence-electron chi connectivity index (χ0n) is 16.2. The van der Waals surface area contributed by atoms with Crippen LogP contribution in [-0.4, -0.2) is 27.1 Å². The van der Waals surface area contributed by atoms with Crippen molar-refractivity contribution in [3.63, 3.8) is 0 Å². The van der Waals surface area contributed by atoms with Crippen LogP contribution in [0.2, 0.25) is 5.02 Å². The highest BCUT2D eigenvalue weighted by atomic mass is 35.5. The molecule has 2 aromatic carbocycles. The highest BCUT2D eigenvalue weighted by Gasteiger charge is 2.26. The predicted octanol–water partition coefficient (Wildman–Crippen LogP) is 5.01. The third-order valence-corrected chi connectivity index (χ3v) is 4.97. The van der Waals surface area contributed by atoms with Crippen LogP contribution in [0.1, 0.15) is 30.6 Å². The zero-order chi connectivity index (χ0) is 20.5. The molecule has 0 unspecified atom stereocenters. The Morgan fingerprint density at radius 3 is 2.41 bits per heavy atom. The summed E-state index contributed by atoms with van der Waals surface area (Å²) in [6.45, 7) is 4.48. The van der Waals surface area contributed by atoms with Gasteiger partial charge in [0.2, 0.25) is 0 Å². The molecule has 0 atom stereocenters. The summed E-state index contributed by atoms with van der Waals surface area (Å²) in [6, 6.07) is 14.7. The van der Waals surface area contributed by atoms with Gasteiger partial charge in [-0.2, -0.15) is 0 Å². The van der Waals surface area contributed by atoms with E-state index in [0.29, 0.717) is 39.7 Å². The van der Waals surface area contributed by atoms with Gasteiger partial charge in [-0.1, -0.05) is 37.6 Å². The van der Waals surface area contributed by atoms with Gasteiger partial charge in [0.15, 0.2) is 5.65 Å². The summed E-state index contributed by atoms with van der Waals surface area (Å²) in [7, 11) is 0. The van der Waals surface area contributed by atoms with Gasteiger partial charge in [-0.3, -0.25) is 4.57 Å². The van der Waals surface area contributed by atoms with Crippen molar-refractivity contribution < 1.29 is 9.53 Å². The molecular formula is C22H21ClN4O2. The van der Waals surface area contributed by atoms with Crippen molar-refractivity contribution in [2.24, 2.45) is 5.92 Å². The minimum absolute atomic E-state index is 0.233. The van der Waals surface area contributed by atoms with Gasteiger partial charge in [-0.15, -0.1) is 0 Å². The lowest BCUT2D eigenvalue weighted by molar-refractivity contribution is 0.0491. The Labute approximate surface area is 173 Å². The summed E-state index contributed by atoms with van der Waals surface area (Å²) < 4.78 is 7.20. The molecule has 0 aliphatic heterocycles. The summed E-state index contributed by atoms with van der Waals surface area (Å²) in [6.07, 6.45) is 0.774. The molecule has 2 aromatic heterocycles. The molecule has 0 radical (unpaired) electrons. The third kappa shape index (κ3) is 3.63. The van der Waals surface area contributed by atoms with E-state index in [1.807, 2.05) is 36.4 Å². The van der Waals surface area contributed by atoms with Crippen LogP contribution in [0.4, 0.5) is 5.82 Å². The molecule has 29 heavy (non-hydrogen) atoms. The number of ether oxygens (including phenoxy) is 1. The van der Waals surface area contributed by atoms with E-state index in [1.165, 1.54) is 0 Å². The number of para-hydroxylation sites is 2. The van der Waals surface area contributed by atoms with E-state index < -0.39 is 5.97 Å². The average Bonchev–Trinajstić information content (AvgIpc) is 2.97. The molecule has 4 rings (SSSR count). The molecule has 4 aromatic rings. The number of nitrogens with two attached hydrogens (primary N) is 1. The number of hydrogen-bond acceptors (Lipinski definition) is 5. The maximum Gasteiger partial charge on any atom is 0.344 e. The quantitative estimate of drug-likeness (QED) is 0.469. The number of fused-ring (bicyclic) bond motifs is 2. The van der Waals surface area contributed by atoms with Gasteiger partial charge < -0.3 is 10.5 Å². The van der Waals surface area contributed by atoms with Crippen molar-refractivity contribution in [2.75, 3.05) is 12.3 Å². The SMILES string of the molecule is CC(C)CCOC(=O)c1c(N)n(-c2ccc(Cl)cc2)c2nc3ccccc3nc12. The summed E-state index contributed by atoms with van der Waals surface area (Å²) in [5.41, 5.74) is 9.72. The first-order valence-corrected chi connectivity index (χ1v) is 9.83. The number of benzene rings is 2. The summed E-state index contributed by atoms with van der Waals surface area (Å²) in [5.74, 6) is 0.178. The molecule has 0 aliphatic rings. The van der Waals surface area contributed by atoms with Crippen molar-refractivity contribution in [1.82, 2.24) is 14.5 Å². The average molecular weight is 409 g/mol. The van der Waals surface area contributed by atoms with Crippen LogP contribution in [0.25, 0.3) is 27.9 Å². The van der Waals surface area contributed by atoms with Crippen LogP contribution in [0, 0.1) is 5.92 Å². The lowest BCUT2D eigenvalue weighted by Crippen LogP contribution is -2.11. The van der Waals surface area contributed by atoms with Crippen LogP contribution in [-0.2, 0) is 4.74 Å². The Morgan fingerprint density at radius 1 is 1.10 bits per heavy atom. The van der Waals surface area contributed by atoms with Crippen LogP contribution in [0.3, 0.4) is 0 Å². The van der Waals surface area contributed by atoms with Gasteiger partial charge >= 0.3 is 5.97 Å². The predicted molar refractivity (Wildman–Crippen MR) is 116 cm³/mol. The van der Waals surface area contributed by atoms with Gasteiger partial charge in [0, 0.05) is 10.7 Å². The molecule has 0 saturated heterocycles. The highest BCUT2D eigenvalue weighted by molar-refractivity contribution is 6.30. The molecule has 148 valence electrons. The second kappa shape index (κ2) is 7.72. The highest BCUT2D eigenvalue weighted by Crippen LogP contribution is 2.32. The van der Waals surface area contributed by atoms with E-state index in [1.54, 1.807) is 16.7 Å². The molecule has 6 nitrogen and oxygen atoms in total. The van der Waals surface area contributed by atoms with Crippen molar-refractivity contribution >= 4 is 45.6 Å². The molecule has 2 N–H and O–H groups in total. The maximum absolute atomic E-state index is 12.9. The number of carbonyl (C=O) groups is 1. The fourth-order valence-corrected chi connectivity index (χ4v) is 3.30. The Bertz CT molecular complexity index is 1200. The molecule has 0 aliphatic carbocycles. The molecule has 0 spiro atoms. The summed E-state index contributed by atoms with van der Waals surface area (Å²) in [5, 5.41) is 0.605. The second-order valence-electron chi connectivity index (χ2n) is 7.28. The number of esters is 1. The Kier molecular flexibility index (Phi) is 5.11. The first-order chi connectivity index (χ1) is 14.0. The second-order valence-corrected chi connectivity index (χ2v) is 7.71. The molecule has 0 saturated carbocycles. The first kappa shape index (κ1) is 19.2. The topological polar surface area (TPSA) is 83.0 Å². The molecule has 2 heterocycles. The maximum atomic E-state index is 12.9. The number of carbonyl (C=O) groups excluding carboxylic acids is 1. The van der Waals surface area contributed by atoms with Gasteiger partial charge in [-0.25, -0.2) is 14.8 Å². The summed E-state index contributed by atoms with van der Waals surface area (Å²) in [4.78, 5) is 22.3. The van der Waals surface area contributed by atoms with Gasteiger partial charge in [-0.05, 0) is 48.7 Å². The van der Waals surface area contributed by atoms with Crippen molar-refractivity contribution in [3.8, 4) is 5.69 Å². The smallest absolute Gasteiger partial charge is 0.344 e. The van der Waals surface area contributed by atoms with E-state index >= 15 is 0 Å². The first-order valence-electron chi connectivity index (χ1n) is 9.45. The molecule has 0 amide bonds. The number of halogens is 1. The van der Waals surface area contributed by atoms with Crippen LogP contribution in [0.5, 0.6) is 0 Å². The zero-order valence-corrected chi connectivity index (χ0v) is 17.0. The monoisotopic (exact) mass is 408 g/mol. The Hall–Kier alpha value is -3.12. The van der Waals surface area contributed by atoms with Crippen LogP contribution >= 0.6 is 11.6 Å². The lowest BCUT2D eigenvalue weighted by atomic mass is 10.1. The van der Waals surface area contributed by atoms with Gasteiger partial charge in [0.1, 0.15) is 16.9 Å². The molecule has 0 bridgehead atoms. The van der Waals surface area contributed by atoms with E-state index in [-0.39, 0.29) is 11.4 Å². The molecular weight excluding hydrogens is 388 g/mol. The minimum atomic E-state index is -0.495. The summed E-state index contributed by atoms with van der Waals surface area (Å²) >= 11 is 6.03. The number of aromatic nitrogens is 3. The third-order valence-electron chi connectivity index (χ3n) is 4.72. The lowest BCUT2D eigenvalue weighted by Gasteiger charge is -2.08. The van der Waals surface area contributed by atoms with E-state index in [0.717, 1.165) is 12.1 Å². The molecule has 7 heteroatoms. The van der Waals surface area contributed by atoms with Crippen molar-refractivity contribution in [1.29, 1.82) is 0 Å². The van der Waals surface area contributed by atoms with Crippen LogP contribution < -0.4 is 5.73 Å². The van der Waals surface area contributed by atoms with Gasteiger partial charge in [0.25, 0.3) is 0 Å². The van der Waals surface area contributed by atoms with Gasteiger partial charge in [0.05, 0.1) is 17.6 Å². The van der Waals surface area contributed by atoms with Crippen molar-refractivity contribution in [2.45, 2.75) is 20.3 Å². The molecule has 0 fully saturated rings. The fourth-order valence-electron chi connectivity index (χ4n) is 3.17.